The molecular formula is C10H12FO4P. The molecule has 1 aromatic carbocycles. The highest BCUT2D eigenvalue weighted by Gasteiger charge is 2.27. The largest absolute Gasteiger partial charge is 0.501 e. The zero-order valence-corrected chi connectivity index (χ0v) is 9.78. The zero-order chi connectivity index (χ0) is 12.2. The molecule has 16 heavy (non-hydrogen) atoms. The van der Waals surface area contributed by atoms with Crippen molar-refractivity contribution in [2.45, 2.75) is 0 Å². The van der Waals surface area contributed by atoms with Crippen LogP contribution in [0.1, 0.15) is 5.56 Å². The molecule has 1 rings (SSSR count). The van der Waals surface area contributed by atoms with E-state index in [1.807, 2.05) is 0 Å². The first-order valence-corrected chi connectivity index (χ1v) is 5.94. The van der Waals surface area contributed by atoms with E-state index in [-0.39, 0.29) is 0 Å². The van der Waals surface area contributed by atoms with Crippen LogP contribution in [0.5, 0.6) is 0 Å². The Hall–Kier alpha value is -1.16. The average molecular weight is 246 g/mol. The Morgan fingerprint density at radius 3 is 2.25 bits per heavy atom. The number of hydrogen-bond acceptors (Lipinski definition) is 4. The molecule has 0 aromatic heterocycles. The van der Waals surface area contributed by atoms with Crippen molar-refractivity contribution in [3.63, 3.8) is 0 Å². The molecule has 0 amide bonds. The van der Waals surface area contributed by atoms with Gasteiger partial charge in [0.2, 0.25) is 5.50 Å². The first-order chi connectivity index (χ1) is 7.51. The van der Waals surface area contributed by atoms with Crippen molar-refractivity contribution >= 4 is 13.7 Å². The van der Waals surface area contributed by atoms with Crippen molar-refractivity contribution in [1.82, 2.24) is 0 Å². The quantitative estimate of drug-likeness (QED) is 0.654. The second-order valence-electron chi connectivity index (χ2n) is 2.92. The summed E-state index contributed by atoms with van der Waals surface area (Å²) in [7, 11) is -1.30. The maximum Gasteiger partial charge on any atom is 0.394 e. The molecule has 88 valence electrons. The molecule has 0 aliphatic rings. The van der Waals surface area contributed by atoms with Gasteiger partial charge in [-0.3, -0.25) is 4.57 Å². The molecule has 1 aromatic rings. The lowest BCUT2D eigenvalue weighted by molar-refractivity contribution is 0.262. The molecule has 0 aliphatic heterocycles. The van der Waals surface area contributed by atoms with Gasteiger partial charge in [-0.2, -0.15) is 0 Å². The Kier molecular flexibility index (Phi) is 4.24. The maximum atomic E-state index is 12.6. The average Bonchev–Trinajstić information content (AvgIpc) is 2.31. The minimum atomic E-state index is -3.63. The van der Waals surface area contributed by atoms with Crippen molar-refractivity contribution in [2.75, 3.05) is 14.2 Å². The van der Waals surface area contributed by atoms with Gasteiger partial charge in [-0.05, 0) is 23.8 Å². The van der Waals surface area contributed by atoms with Crippen molar-refractivity contribution in [2.24, 2.45) is 0 Å². The molecule has 0 spiro atoms. The molecule has 0 unspecified atom stereocenters. The highest BCUT2D eigenvalue weighted by atomic mass is 31.2. The summed E-state index contributed by atoms with van der Waals surface area (Å²) >= 11 is 0. The zero-order valence-electron chi connectivity index (χ0n) is 8.88. The van der Waals surface area contributed by atoms with Crippen LogP contribution < -0.4 is 0 Å². The van der Waals surface area contributed by atoms with Crippen LogP contribution in [-0.2, 0) is 13.6 Å². The number of halogens is 1. The number of hydrogen-bond donors (Lipinski definition) is 1. The molecule has 0 saturated carbocycles. The Balaban J connectivity index is 3.00. The molecule has 0 saturated heterocycles. The third kappa shape index (κ3) is 2.92. The summed E-state index contributed by atoms with van der Waals surface area (Å²) in [5.74, 6) is -0.390. The van der Waals surface area contributed by atoms with Crippen LogP contribution in [-0.4, -0.2) is 19.3 Å². The van der Waals surface area contributed by atoms with Gasteiger partial charge in [-0.15, -0.1) is 0 Å². The third-order valence-corrected chi connectivity index (χ3v) is 3.58. The second kappa shape index (κ2) is 5.25. The van der Waals surface area contributed by atoms with E-state index >= 15 is 0 Å². The fourth-order valence-corrected chi connectivity index (χ4v) is 1.88. The van der Waals surface area contributed by atoms with E-state index in [0.29, 0.717) is 5.56 Å². The maximum absolute atomic E-state index is 12.6. The summed E-state index contributed by atoms with van der Waals surface area (Å²) in [6.07, 6.45) is 1.20. The van der Waals surface area contributed by atoms with Gasteiger partial charge in [0.05, 0.1) is 0 Å². The molecule has 1 N–H and O–H groups in total. The van der Waals surface area contributed by atoms with E-state index in [4.69, 9.17) is 0 Å². The second-order valence-corrected chi connectivity index (χ2v) is 5.10. The Bertz CT molecular complexity index is 419. The van der Waals surface area contributed by atoms with Gasteiger partial charge in [-0.1, -0.05) is 12.1 Å². The van der Waals surface area contributed by atoms with Crippen LogP contribution in [0.25, 0.3) is 6.08 Å². The molecule has 0 bridgehead atoms. The van der Waals surface area contributed by atoms with Crippen LogP contribution in [0.2, 0.25) is 0 Å². The molecule has 0 fully saturated rings. The van der Waals surface area contributed by atoms with Crippen molar-refractivity contribution in [1.29, 1.82) is 0 Å². The van der Waals surface area contributed by atoms with E-state index in [1.165, 1.54) is 44.6 Å². The van der Waals surface area contributed by atoms with Crippen LogP contribution in [0.15, 0.2) is 29.8 Å². The van der Waals surface area contributed by atoms with Gasteiger partial charge >= 0.3 is 7.60 Å². The van der Waals surface area contributed by atoms with Gasteiger partial charge in [0.1, 0.15) is 5.82 Å². The van der Waals surface area contributed by atoms with Crippen LogP contribution >= 0.6 is 7.60 Å². The smallest absolute Gasteiger partial charge is 0.394 e. The molecular weight excluding hydrogens is 234 g/mol. The predicted octanol–water partition coefficient (Wildman–Crippen LogP) is 3.17. The molecule has 6 heteroatoms. The van der Waals surface area contributed by atoms with Gasteiger partial charge in [0.25, 0.3) is 0 Å². The van der Waals surface area contributed by atoms with Gasteiger partial charge in [-0.25, -0.2) is 4.39 Å². The number of aliphatic hydroxyl groups excluding tert-OH is 1. The van der Waals surface area contributed by atoms with Crippen molar-refractivity contribution in [3.8, 4) is 0 Å². The highest BCUT2D eigenvalue weighted by Crippen LogP contribution is 2.53. The predicted molar refractivity (Wildman–Crippen MR) is 58.6 cm³/mol. The number of benzene rings is 1. The minimum absolute atomic E-state index is 0.390. The van der Waals surface area contributed by atoms with E-state index in [0.717, 1.165) is 0 Å². The molecule has 0 aliphatic carbocycles. The summed E-state index contributed by atoms with van der Waals surface area (Å²) in [4.78, 5) is 0. The monoisotopic (exact) mass is 246 g/mol. The van der Waals surface area contributed by atoms with Crippen LogP contribution in [0.4, 0.5) is 4.39 Å². The van der Waals surface area contributed by atoms with Crippen molar-refractivity contribution < 1.29 is 23.1 Å². The van der Waals surface area contributed by atoms with E-state index in [1.54, 1.807) is 0 Å². The molecule has 0 atom stereocenters. The summed E-state index contributed by atoms with van der Waals surface area (Å²) in [6.45, 7) is 0. The molecule has 0 heterocycles. The van der Waals surface area contributed by atoms with Crippen LogP contribution in [0.3, 0.4) is 0 Å². The fourth-order valence-electron chi connectivity index (χ4n) is 1.05. The SMILES string of the molecule is COP(=O)(OC)C(O)=Cc1ccc(F)cc1. The first kappa shape index (κ1) is 12.9. The van der Waals surface area contributed by atoms with Gasteiger partial charge in [0.15, 0.2) is 0 Å². The summed E-state index contributed by atoms with van der Waals surface area (Å²) < 4.78 is 33.5. The minimum Gasteiger partial charge on any atom is -0.501 e. The first-order valence-electron chi connectivity index (χ1n) is 4.40. The standard InChI is InChI=1S/C10H12FO4P/c1-14-16(13,15-2)10(12)7-8-3-5-9(11)6-4-8/h3-7,12H,1-2H3. The third-order valence-electron chi connectivity index (χ3n) is 1.93. The fraction of sp³-hybridized carbons (Fsp3) is 0.200. The van der Waals surface area contributed by atoms with Gasteiger partial charge in [0, 0.05) is 14.2 Å². The summed E-state index contributed by atoms with van der Waals surface area (Å²) in [6, 6.07) is 5.32. The molecule has 4 nitrogen and oxygen atoms in total. The Morgan fingerprint density at radius 2 is 1.81 bits per heavy atom. The number of aliphatic hydroxyl groups is 1. The Morgan fingerprint density at radius 1 is 1.31 bits per heavy atom. The lowest BCUT2D eigenvalue weighted by Crippen LogP contribution is -1.92. The topological polar surface area (TPSA) is 55.8 Å². The van der Waals surface area contributed by atoms with Crippen LogP contribution in [0, 0.1) is 5.82 Å². The summed E-state index contributed by atoms with van der Waals surface area (Å²) in [5.41, 5.74) is -0.0302. The van der Waals surface area contributed by atoms with E-state index in [2.05, 4.69) is 9.05 Å². The van der Waals surface area contributed by atoms with E-state index in [9.17, 15) is 14.1 Å². The lowest BCUT2D eigenvalue weighted by atomic mass is 10.2. The molecule has 0 radical (unpaired) electrons. The normalized spacial score (nSPS) is 12.8. The van der Waals surface area contributed by atoms with Gasteiger partial charge < -0.3 is 14.2 Å². The summed E-state index contributed by atoms with van der Waals surface area (Å²) in [5, 5.41) is 9.55. The lowest BCUT2D eigenvalue weighted by Gasteiger charge is -2.11. The number of rotatable bonds is 4. The Labute approximate surface area is 92.9 Å². The highest BCUT2D eigenvalue weighted by molar-refractivity contribution is 7.58. The van der Waals surface area contributed by atoms with Crippen molar-refractivity contribution in [3.05, 3.63) is 41.1 Å². The van der Waals surface area contributed by atoms with E-state index < -0.39 is 18.9 Å².